The van der Waals surface area contributed by atoms with E-state index in [1.54, 1.807) is 18.2 Å². The van der Waals surface area contributed by atoms with Crippen LogP contribution in [-0.2, 0) is 40.4 Å². The van der Waals surface area contributed by atoms with Crippen LogP contribution in [0.5, 0.6) is 0 Å². The van der Waals surface area contributed by atoms with Crippen molar-refractivity contribution < 1.29 is 28.4 Å². The standard InChI is InChI=1S/C23H21N7O6/c31-20-4-3-18(22(33)25-20)29-9-12-1-2-13(7-14(12)23(29)34)30-10-17(26-28-30)21(32)24-8-16-15-11-35-6-5-19(15)36-27-16/h1-2,7,10,18H,3-6,8-9,11H2,(H,24,32)(H,25,31,33). The van der Waals surface area contributed by atoms with E-state index in [0.717, 1.165) is 16.9 Å². The van der Waals surface area contributed by atoms with Crippen LogP contribution in [-0.4, -0.2) is 61.3 Å². The predicted molar refractivity (Wildman–Crippen MR) is 118 cm³/mol. The fraction of sp³-hybridized carbons (Fsp3) is 0.348. The molecular weight excluding hydrogens is 470 g/mol. The number of benzene rings is 1. The van der Waals surface area contributed by atoms with Crippen molar-refractivity contribution in [2.24, 2.45) is 0 Å². The third-order valence-corrected chi connectivity index (χ3v) is 6.59. The second-order valence-corrected chi connectivity index (χ2v) is 8.81. The van der Waals surface area contributed by atoms with Crippen molar-refractivity contribution >= 4 is 23.6 Å². The monoisotopic (exact) mass is 491 g/mol. The van der Waals surface area contributed by atoms with Crippen molar-refractivity contribution in [2.75, 3.05) is 6.61 Å². The first-order valence-electron chi connectivity index (χ1n) is 11.5. The van der Waals surface area contributed by atoms with Crippen molar-refractivity contribution in [3.8, 4) is 5.69 Å². The highest BCUT2D eigenvalue weighted by molar-refractivity contribution is 6.05. The van der Waals surface area contributed by atoms with Crippen molar-refractivity contribution in [3.63, 3.8) is 0 Å². The largest absolute Gasteiger partial charge is 0.376 e. The van der Waals surface area contributed by atoms with Crippen LogP contribution >= 0.6 is 0 Å². The van der Waals surface area contributed by atoms with Crippen LogP contribution in [0.4, 0.5) is 0 Å². The summed E-state index contributed by atoms with van der Waals surface area (Å²) in [6.07, 6.45) is 2.61. The molecule has 184 valence electrons. The van der Waals surface area contributed by atoms with Gasteiger partial charge in [0.15, 0.2) is 5.69 Å². The molecule has 0 aliphatic carbocycles. The lowest BCUT2D eigenvalue weighted by molar-refractivity contribution is -0.136. The molecule has 1 fully saturated rings. The molecule has 1 atom stereocenters. The van der Waals surface area contributed by atoms with E-state index >= 15 is 0 Å². The molecule has 3 aliphatic heterocycles. The highest BCUT2D eigenvalue weighted by Gasteiger charge is 2.39. The van der Waals surface area contributed by atoms with Gasteiger partial charge in [-0.3, -0.25) is 24.5 Å². The number of nitrogens with one attached hydrogen (secondary N) is 2. The molecule has 3 aliphatic rings. The second-order valence-electron chi connectivity index (χ2n) is 8.81. The summed E-state index contributed by atoms with van der Waals surface area (Å²) in [5.74, 6) is -0.740. The van der Waals surface area contributed by atoms with Gasteiger partial charge in [0.2, 0.25) is 11.8 Å². The summed E-state index contributed by atoms with van der Waals surface area (Å²) < 4.78 is 12.1. The summed E-state index contributed by atoms with van der Waals surface area (Å²) in [7, 11) is 0. The number of imide groups is 1. The lowest BCUT2D eigenvalue weighted by atomic mass is 10.0. The van der Waals surface area contributed by atoms with E-state index in [-0.39, 0.29) is 37.0 Å². The van der Waals surface area contributed by atoms with E-state index in [1.807, 2.05) is 0 Å². The maximum atomic E-state index is 13.0. The minimum Gasteiger partial charge on any atom is -0.376 e. The molecule has 0 spiro atoms. The van der Waals surface area contributed by atoms with Gasteiger partial charge in [-0.25, -0.2) is 4.68 Å². The minimum absolute atomic E-state index is 0.0978. The van der Waals surface area contributed by atoms with E-state index in [1.165, 1.54) is 15.8 Å². The van der Waals surface area contributed by atoms with Crippen LogP contribution in [0.15, 0.2) is 28.9 Å². The van der Waals surface area contributed by atoms with Gasteiger partial charge in [-0.2, -0.15) is 0 Å². The number of piperidine rings is 1. The number of hydrogen-bond donors (Lipinski definition) is 2. The summed E-state index contributed by atoms with van der Waals surface area (Å²) in [6, 6.07) is 4.51. The third-order valence-electron chi connectivity index (χ3n) is 6.59. The maximum absolute atomic E-state index is 13.0. The van der Waals surface area contributed by atoms with Gasteiger partial charge in [0.25, 0.3) is 11.8 Å². The Hall–Kier alpha value is -4.39. The Morgan fingerprint density at radius 2 is 2.11 bits per heavy atom. The molecule has 36 heavy (non-hydrogen) atoms. The molecule has 4 amide bonds. The van der Waals surface area contributed by atoms with E-state index in [2.05, 4.69) is 26.1 Å². The van der Waals surface area contributed by atoms with E-state index in [9.17, 15) is 19.2 Å². The highest BCUT2D eigenvalue weighted by atomic mass is 16.5. The number of nitrogens with zero attached hydrogens (tertiary/aromatic N) is 5. The van der Waals surface area contributed by atoms with Gasteiger partial charge in [0.05, 0.1) is 31.6 Å². The maximum Gasteiger partial charge on any atom is 0.273 e. The molecule has 13 nitrogen and oxygen atoms in total. The highest BCUT2D eigenvalue weighted by Crippen LogP contribution is 2.29. The lowest BCUT2D eigenvalue weighted by Gasteiger charge is -2.29. The first-order valence-corrected chi connectivity index (χ1v) is 11.5. The number of fused-ring (bicyclic) bond motifs is 2. The normalized spacial score (nSPS) is 19.2. The van der Waals surface area contributed by atoms with Crippen LogP contribution in [0.25, 0.3) is 5.69 Å². The van der Waals surface area contributed by atoms with Gasteiger partial charge in [-0.05, 0) is 24.1 Å². The quantitative estimate of drug-likeness (QED) is 0.469. The number of aromatic nitrogens is 4. The van der Waals surface area contributed by atoms with Crippen LogP contribution in [0, 0.1) is 0 Å². The SMILES string of the molecule is O=C1CCC(N2Cc3ccc(-n4cc(C(=O)NCc5noc6c5COCC6)nn4)cc3C2=O)C(=O)N1. The molecule has 2 N–H and O–H groups in total. The molecule has 5 heterocycles. The molecule has 1 aromatic carbocycles. The third kappa shape index (κ3) is 3.82. The number of carbonyl (C=O) groups is 4. The Labute approximate surface area is 203 Å². The molecule has 1 unspecified atom stereocenters. The topological polar surface area (TPSA) is 162 Å². The molecule has 3 aromatic rings. The van der Waals surface area contributed by atoms with Gasteiger partial charge < -0.3 is 19.5 Å². The zero-order valence-corrected chi connectivity index (χ0v) is 19.0. The number of ether oxygens (including phenoxy) is 1. The summed E-state index contributed by atoms with van der Waals surface area (Å²) >= 11 is 0. The van der Waals surface area contributed by atoms with E-state index in [4.69, 9.17) is 9.26 Å². The van der Waals surface area contributed by atoms with Crippen LogP contribution in [0.2, 0.25) is 0 Å². The Morgan fingerprint density at radius 1 is 1.22 bits per heavy atom. The van der Waals surface area contributed by atoms with Crippen molar-refractivity contribution in [1.29, 1.82) is 0 Å². The first kappa shape index (κ1) is 22.1. The Morgan fingerprint density at radius 3 is 2.97 bits per heavy atom. The number of carbonyl (C=O) groups excluding carboxylic acids is 4. The smallest absolute Gasteiger partial charge is 0.273 e. The van der Waals surface area contributed by atoms with Gasteiger partial charge in [0, 0.05) is 30.5 Å². The zero-order chi connectivity index (χ0) is 24.8. The minimum atomic E-state index is -0.686. The van der Waals surface area contributed by atoms with Crippen LogP contribution in [0.1, 0.15) is 56.3 Å². The van der Waals surface area contributed by atoms with Gasteiger partial charge in [-0.15, -0.1) is 5.10 Å². The van der Waals surface area contributed by atoms with Crippen LogP contribution in [0.3, 0.4) is 0 Å². The molecule has 2 aromatic heterocycles. The lowest BCUT2D eigenvalue weighted by Crippen LogP contribution is -2.52. The fourth-order valence-corrected chi connectivity index (χ4v) is 4.65. The molecule has 0 bridgehead atoms. The Kier molecular flexibility index (Phi) is 5.33. The summed E-state index contributed by atoms with van der Waals surface area (Å²) in [6.45, 7) is 1.43. The summed E-state index contributed by atoms with van der Waals surface area (Å²) in [4.78, 5) is 50.8. The number of amides is 4. The van der Waals surface area contributed by atoms with E-state index in [0.29, 0.717) is 43.0 Å². The molecule has 1 saturated heterocycles. The van der Waals surface area contributed by atoms with E-state index < -0.39 is 17.9 Å². The summed E-state index contributed by atoms with van der Waals surface area (Å²) in [5, 5.41) is 17.0. The van der Waals surface area contributed by atoms with Gasteiger partial charge in [0.1, 0.15) is 17.5 Å². The van der Waals surface area contributed by atoms with Crippen molar-refractivity contribution in [3.05, 3.63) is 58.2 Å². The number of rotatable bonds is 5. The van der Waals surface area contributed by atoms with Crippen LogP contribution < -0.4 is 10.6 Å². The zero-order valence-electron chi connectivity index (χ0n) is 19.0. The first-order chi connectivity index (χ1) is 17.5. The summed E-state index contributed by atoms with van der Waals surface area (Å²) in [5.41, 5.74) is 3.33. The van der Waals surface area contributed by atoms with Crippen molar-refractivity contribution in [2.45, 2.75) is 45.0 Å². The second kappa shape index (κ2) is 8.68. The Bertz CT molecular complexity index is 1410. The predicted octanol–water partition coefficient (Wildman–Crippen LogP) is 0.0190. The van der Waals surface area contributed by atoms with Gasteiger partial charge in [-0.1, -0.05) is 16.4 Å². The molecule has 6 rings (SSSR count). The molecule has 13 heteroatoms. The van der Waals surface area contributed by atoms with Crippen molar-refractivity contribution in [1.82, 2.24) is 35.7 Å². The molecule has 0 saturated carbocycles. The Balaban J connectivity index is 1.14. The molecular formula is C23H21N7O6. The molecule has 0 radical (unpaired) electrons. The number of hydrogen-bond acceptors (Lipinski definition) is 9. The average molecular weight is 491 g/mol. The van der Waals surface area contributed by atoms with Gasteiger partial charge >= 0.3 is 0 Å². The average Bonchev–Trinajstić information content (AvgIpc) is 3.60. The fourth-order valence-electron chi connectivity index (χ4n) is 4.65.